The predicted molar refractivity (Wildman–Crippen MR) is 60.1 cm³/mol. The first-order valence-electron chi connectivity index (χ1n) is 4.81. The summed E-state index contributed by atoms with van der Waals surface area (Å²) in [6.07, 6.45) is 0. The van der Waals surface area contributed by atoms with Crippen molar-refractivity contribution in [2.24, 2.45) is 0 Å². The largest absolute Gasteiger partial charge is 1.00 e. The molecule has 15 heavy (non-hydrogen) atoms. The van der Waals surface area contributed by atoms with Gasteiger partial charge >= 0.3 is 29.6 Å². The Balaban J connectivity index is 0.00000112. The van der Waals surface area contributed by atoms with E-state index in [4.69, 9.17) is 0 Å². The average Bonchev–Trinajstić information content (AvgIpc) is 2.30. The molecule has 0 spiro atoms. The molecule has 70 valence electrons. The second-order valence-corrected chi connectivity index (χ2v) is 3.37. The van der Waals surface area contributed by atoms with Crippen molar-refractivity contribution in [2.75, 3.05) is 0 Å². The Morgan fingerprint density at radius 2 is 1.00 bits per heavy atom. The van der Waals surface area contributed by atoms with Crippen molar-refractivity contribution >= 4 is 0 Å². The van der Waals surface area contributed by atoms with E-state index < -0.39 is 0 Å². The maximum Gasteiger partial charge on any atom is 1.00 e. The van der Waals surface area contributed by atoms with Crippen LogP contribution in [-0.4, -0.2) is 0 Å². The van der Waals surface area contributed by atoms with Gasteiger partial charge in [-0.25, -0.2) is 0 Å². The molecule has 1 heteroatoms. The first-order valence-corrected chi connectivity index (χ1v) is 4.81. The van der Waals surface area contributed by atoms with E-state index in [1.54, 1.807) is 0 Å². The van der Waals surface area contributed by atoms with Crippen molar-refractivity contribution in [1.82, 2.24) is 0 Å². The molecule has 0 saturated heterocycles. The van der Waals surface area contributed by atoms with Crippen LogP contribution in [0.2, 0.25) is 0 Å². The van der Waals surface area contributed by atoms with Gasteiger partial charge in [-0.1, -0.05) is 71.8 Å². The Labute approximate surface area is 114 Å². The Bertz CT molecular complexity index is 341. The second kappa shape index (κ2) is 6.12. The number of hydrogen-bond donors (Lipinski definition) is 0. The normalized spacial score (nSPS) is 9.73. The Kier molecular flexibility index (Phi) is 5.10. The zero-order valence-corrected chi connectivity index (χ0v) is 11.1. The van der Waals surface area contributed by atoms with Crippen LogP contribution in [0.1, 0.15) is 17.0 Å². The van der Waals surface area contributed by atoms with Crippen LogP contribution in [0.25, 0.3) is 0 Å². The molecular formula is C14H13Na. The fourth-order valence-electron chi connectivity index (χ4n) is 1.56. The molecule has 2 aromatic rings. The van der Waals surface area contributed by atoms with Gasteiger partial charge in [0.2, 0.25) is 0 Å². The van der Waals surface area contributed by atoms with Gasteiger partial charge in [0.25, 0.3) is 0 Å². The van der Waals surface area contributed by atoms with Gasteiger partial charge < -0.3 is 6.92 Å². The van der Waals surface area contributed by atoms with Gasteiger partial charge in [0.05, 0.1) is 0 Å². The minimum atomic E-state index is 0. The molecule has 0 saturated carbocycles. The molecule has 0 aliphatic heterocycles. The van der Waals surface area contributed by atoms with E-state index in [2.05, 4.69) is 55.5 Å². The van der Waals surface area contributed by atoms with Crippen LogP contribution in [0.5, 0.6) is 0 Å². The monoisotopic (exact) mass is 204 g/mol. The Morgan fingerprint density at radius 3 is 1.33 bits per heavy atom. The van der Waals surface area contributed by atoms with E-state index in [-0.39, 0.29) is 35.5 Å². The van der Waals surface area contributed by atoms with E-state index in [0.29, 0.717) is 0 Å². The van der Waals surface area contributed by atoms with E-state index in [1.807, 2.05) is 12.1 Å². The number of rotatable bonds is 2. The van der Waals surface area contributed by atoms with Gasteiger partial charge in [0.1, 0.15) is 0 Å². The average molecular weight is 204 g/mol. The zero-order chi connectivity index (χ0) is 9.80. The van der Waals surface area contributed by atoms with Crippen molar-refractivity contribution in [2.45, 2.75) is 5.92 Å². The maximum atomic E-state index is 4.18. The molecule has 0 heterocycles. The van der Waals surface area contributed by atoms with Gasteiger partial charge in [-0.3, -0.25) is 0 Å². The molecule has 0 aliphatic carbocycles. The summed E-state index contributed by atoms with van der Waals surface area (Å²) >= 11 is 0. The number of benzene rings is 2. The minimum Gasteiger partial charge on any atom is -0.332 e. The van der Waals surface area contributed by atoms with E-state index in [1.165, 1.54) is 11.1 Å². The van der Waals surface area contributed by atoms with Gasteiger partial charge in [0.15, 0.2) is 0 Å². The van der Waals surface area contributed by atoms with Crippen molar-refractivity contribution in [3.05, 3.63) is 78.7 Å². The first kappa shape index (κ1) is 12.5. The summed E-state index contributed by atoms with van der Waals surface area (Å²) in [5, 5.41) is 0. The third kappa shape index (κ3) is 3.20. The third-order valence-electron chi connectivity index (χ3n) is 2.40. The van der Waals surface area contributed by atoms with Crippen LogP contribution >= 0.6 is 0 Å². The van der Waals surface area contributed by atoms with Crippen molar-refractivity contribution in [3.63, 3.8) is 0 Å². The van der Waals surface area contributed by atoms with E-state index in [9.17, 15) is 0 Å². The summed E-state index contributed by atoms with van der Waals surface area (Å²) in [7, 11) is 0. The summed E-state index contributed by atoms with van der Waals surface area (Å²) < 4.78 is 0. The smallest absolute Gasteiger partial charge is 0.332 e. The summed E-state index contributed by atoms with van der Waals surface area (Å²) in [6, 6.07) is 20.7. The molecule has 0 unspecified atom stereocenters. The van der Waals surface area contributed by atoms with Crippen molar-refractivity contribution in [3.8, 4) is 0 Å². The van der Waals surface area contributed by atoms with E-state index in [0.717, 1.165) is 0 Å². The first-order chi connectivity index (χ1) is 6.88. The van der Waals surface area contributed by atoms with Gasteiger partial charge in [-0.15, -0.1) is 5.92 Å². The fraction of sp³-hybridized carbons (Fsp3) is 0.0714. The van der Waals surface area contributed by atoms with Crippen LogP contribution in [0.15, 0.2) is 60.7 Å². The molecular weight excluding hydrogens is 191 g/mol. The number of hydrogen-bond acceptors (Lipinski definition) is 0. The van der Waals surface area contributed by atoms with Crippen LogP contribution in [0.4, 0.5) is 0 Å². The van der Waals surface area contributed by atoms with Gasteiger partial charge in [-0.05, 0) is 0 Å². The minimum absolute atomic E-state index is 0. The zero-order valence-electron chi connectivity index (χ0n) is 9.06. The maximum absolute atomic E-state index is 4.18. The Hall–Kier alpha value is -0.560. The van der Waals surface area contributed by atoms with Crippen molar-refractivity contribution < 1.29 is 29.6 Å². The van der Waals surface area contributed by atoms with Gasteiger partial charge in [0, 0.05) is 0 Å². The van der Waals surface area contributed by atoms with Crippen LogP contribution < -0.4 is 29.6 Å². The predicted octanol–water partition coefficient (Wildman–Crippen LogP) is 0.657. The molecule has 0 aliphatic rings. The summed E-state index contributed by atoms with van der Waals surface area (Å²) in [4.78, 5) is 0. The molecule has 0 nitrogen and oxygen atoms in total. The topological polar surface area (TPSA) is 0 Å². The van der Waals surface area contributed by atoms with Crippen LogP contribution in [0, 0.1) is 6.92 Å². The fourth-order valence-corrected chi connectivity index (χ4v) is 1.56. The van der Waals surface area contributed by atoms with Crippen molar-refractivity contribution in [1.29, 1.82) is 0 Å². The molecule has 0 amide bonds. The molecule has 2 rings (SSSR count). The summed E-state index contributed by atoms with van der Waals surface area (Å²) in [5.74, 6) is 0.234. The molecule has 0 fully saturated rings. The third-order valence-corrected chi connectivity index (χ3v) is 2.40. The summed E-state index contributed by atoms with van der Waals surface area (Å²) in [5.41, 5.74) is 2.53. The molecule has 0 atom stereocenters. The molecule has 0 bridgehead atoms. The van der Waals surface area contributed by atoms with E-state index >= 15 is 0 Å². The SMILES string of the molecule is [CH2-]C(c1ccccc1)c1ccccc1.[Na+]. The molecule has 0 N–H and O–H groups in total. The Morgan fingerprint density at radius 1 is 0.667 bits per heavy atom. The quantitative estimate of drug-likeness (QED) is 0.498. The molecule has 0 aromatic heterocycles. The van der Waals surface area contributed by atoms with Crippen LogP contribution in [0.3, 0.4) is 0 Å². The molecule has 0 radical (unpaired) electrons. The standard InChI is InChI=1S/C14H13.Na/c1-12(13-8-4-2-5-9-13)14-10-6-3-7-11-14;/h2-12H,1H2;/q-1;+1. The van der Waals surface area contributed by atoms with Crippen LogP contribution in [-0.2, 0) is 0 Å². The summed E-state index contributed by atoms with van der Waals surface area (Å²) in [6.45, 7) is 4.18. The second-order valence-electron chi connectivity index (χ2n) is 3.37. The molecule has 2 aromatic carbocycles. The van der Waals surface area contributed by atoms with Gasteiger partial charge in [-0.2, -0.15) is 0 Å².